The van der Waals surface area contributed by atoms with E-state index in [4.69, 9.17) is 9.84 Å². The van der Waals surface area contributed by atoms with Crippen LogP contribution in [0.25, 0.3) is 0 Å². The summed E-state index contributed by atoms with van der Waals surface area (Å²) in [7, 11) is 1.35. The normalized spacial score (nSPS) is 9.57. The zero-order valence-electron chi connectivity index (χ0n) is 7.49. The summed E-state index contributed by atoms with van der Waals surface area (Å²) in [5, 5.41) is 8.66. The molecule has 0 saturated carbocycles. The molecule has 0 bridgehead atoms. The molecule has 0 amide bonds. The number of hydrogen-bond donors (Lipinski definition) is 1. The van der Waals surface area contributed by atoms with E-state index in [9.17, 15) is 9.18 Å². The molecule has 5 heteroatoms. The van der Waals surface area contributed by atoms with Crippen LogP contribution >= 0.6 is 0 Å². The standard InChI is InChI=1S/C9H9FO4/c1-13-8-4-6(9(11)12)2-3-7(8)14-5-10/h2-4H,5H2,1H3,(H,11,12). The van der Waals surface area contributed by atoms with Crippen LogP contribution in [-0.4, -0.2) is 25.0 Å². The molecular formula is C9H9FO4. The summed E-state index contributed by atoms with van der Waals surface area (Å²) >= 11 is 0. The van der Waals surface area contributed by atoms with Crippen molar-refractivity contribution in [3.05, 3.63) is 23.8 Å². The van der Waals surface area contributed by atoms with E-state index in [0.29, 0.717) is 0 Å². The van der Waals surface area contributed by atoms with Crippen LogP contribution in [0.1, 0.15) is 10.4 Å². The largest absolute Gasteiger partial charge is 0.493 e. The first-order chi connectivity index (χ1) is 6.69. The van der Waals surface area contributed by atoms with Gasteiger partial charge in [0.2, 0.25) is 6.86 Å². The Morgan fingerprint density at radius 3 is 2.71 bits per heavy atom. The van der Waals surface area contributed by atoms with Crippen LogP contribution in [-0.2, 0) is 0 Å². The average molecular weight is 200 g/mol. The molecule has 1 N–H and O–H groups in total. The number of carboxylic acid groups (broad SMARTS) is 1. The lowest BCUT2D eigenvalue weighted by Crippen LogP contribution is -1.99. The minimum absolute atomic E-state index is 0.0630. The van der Waals surface area contributed by atoms with Crippen molar-refractivity contribution in [1.82, 2.24) is 0 Å². The first-order valence-corrected chi connectivity index (χ1v) is 3.79. The predicted octanol–water partition coefficient (Wildman–Crippen LogP) is 1.70. The lowest BCUT2D eigenvalue weighted by molar-refractivity contribution is 0.0696. The third-order valence-electron chi connectivity index (χ3n) is 1.62. The molecule has 0 atom stereocenters. The number of methoxy groups -OCH3 is 1. The highest BCUT2D eigenvalue weighted by atomic mass is 19.1. The van der Waals surface area contributed by atoms with Crippen molar-refractivity contribution in [3.63, 3.8) is 0 Å². The number of ether oxygens (including phenoxy) is 2. The summed E-state index contributed by atoms with van der Waals surface area (Å²) in [6, 6.07) is 3.94. The topological polar surface area (TPSA) is 55.8 Å². The fourth-order valence-corrected chi connectivity index (χ4v) is 0.979. The highest BCUT2D eigenvalue weighted by Gasteiger charge is 2.09. The van der Waals surface area contributed by atoms with Gasteiger partial charge >= 0.3 is 5.97 Å². The van der Waals surface area contributed by atoms with Crippen molar-refractivity contribution in [2.75, 3.05) is 14.0 Å². The summed E-state index contributed by atoms with van der Waals surface area (Å²) < 4.78 is 21.3. The van der Waals surface area contributed by atoms with Crippen molar-refractivity contribution in [1.29, 1.82) is 0 Å². The van der Waals surface area contributed by atoms with E-state index in [1.807, 2.05) is 0 Å². The Kier molecular flexibility index (Phi) is 3.28. The van der Waals surface area contributed by atoms with Gasteiger partial charge in [0, 0.05) is 0 Å². The molecule has 0 aromatic heterocycles. The second kappa shape index (κ2) is 4.45. The van der Waals surface area contributed by atoms with E-state index < -0.39 is 12.8 Å². The molecule has 0 heterocycles. The van der Waals surface area contributed by atoms with Crippen LogP contribution in [0.2, 0.25) is 0 Å². The summed E-state index contributed by atoms with van der Waals surface area (Å²) in [6.45, 7) is -0.983. The molecule has 1 rings (SSSR count). The lowest BCUT2D eigenvalue weighted by Gasteiger charge is -2.08. The van der Waals surface area contributed by atoms with Gasteiger partial charge in [-0.25, -0.2) is 9.18 Å². The Balaban J connectivity index is 3.04. The zero-order valence-corrected chi connectivity index (χ0v) is 7.49. The predicted molar refractivity (Wildman–Crippen MR) is 46.6 cm³/mol. The molecule has 1 aromatic rings. The SMILES string of the molecule is COc1cc(C(=O)O)ccc1OCF. The average Bonchev–Trinajstić information content (AvgIpc) is 2.18. The van der Waals surface area contributed by atoms with Gasteiger partial charge in [-0.05, 0) is 18.2 Å². The Morgan fingerprint density at radius 2 is 2.21 bits per heavy atom. The first kappa shape index (κ1) is 10.3. The van der Waals surface area contributed by atoms with Crippen molar-refractivity contribution in [2.24, 2.45) is 0 Å². The number of alkyl halides is 1. The Bertz CT molecular complexity index is 338. The van der Waals surface area contributed by atoms with Gasteiger partial charge in [-0.2, -0.15) is 0 Å². The summed E-state index contributed by atoms with van der Waals surface area (Å²) in [5.74, 6) is -0.697. The molecule has 0 saturated heterocycles. The molecule has 14 heavy (non-hydrogen) atoms. The second-order valence-corrected chi connectivity index (χ2v) is 2.42. The third-order valence-corrected chi connectivity index (χ3v) is 1.62. The molecule has 0 aliphatic carbocycles. The number of hydrogen-bond acceptors (Lipinski definition) is 3. The molecule has 0 fully saturated rings. The van der Waals surface area contributed by atoms with Crippen LogP contribution in [0.3, 0.4) is 0 Å². The van der Waals surface area contributed by atoms with Gasteiger partial charge in [-0.15, -0.1) is 0 Å². The summed E-state index contributed by atoms with van der Waals surface area (Å²) in [6.07, 6.45) is 0. The van der Waals surface area contributed by atoms with Crippen LogP contribution in [0, 0.1) is 0 Å². The van der Waals surface area contributed by atoms with Crippen LogP contribution in [0.15, 0.2) is 18.2 Å². The highest BCUT2D eigenvalue weighted by Crippen LogP contribution is 2.27. The minimum atomic E-state index is -1.07. The first-order valence-electron chi connectivity index (χ1n) is 3.79. The number of carboxylic acids is 1. The summed E-state index contributed by atoms with van der Waals surface area (Å²) in [4.78, 5) is 10.6. The molecular weight excluding hydrogens is 191 g/mol. The lowest BCUT2D eigenvalue weighted by atomic mass is 10.2. The van der Waals surface area contributed by atoms with Crippen molar-refractivity contribution >= 4 is 5.97 Å². The molecule has 4 nitrogen and oxygen atoms in total. The van der Waals surface area contributed by atoms with Gasteiger partial charge in [-0.3, -0.25) is 0 Å². The minimum Gasteiger partial charge on any atom is -0.493 e. The molecule has 0 radical (unpaired) electrons. The maximum atomic E-state index is 11.9. The van der Waals surface area contributed by atoms with Crippen molar-refractivity contribution in [3.8, 4) is 11.5 Å². The van der Waals surface area contributed by atoms with Crippen LogP contribution in [0.4, 0.5) is 4.39 Å². The molecule has 0 aliphatic heterocycles. The molecule has 0 unspecified atom stereocenters. The molecule has 1 aromatic carbocycles. The van der Waals surface area contributed by atoms with Crippen LogP contribution < -0.4 is 9.47 Å². The molecule has 0 spiro atoms. The molecule has 76 valence electrons. The fourth-order valence-electron chi connectivity index (χ4n) is 0.979. The van der Waals surface area contributed by atoms with E-state index in [-0.39, 0.29) is 17.1 Å². The monoisotopic (exact) mass is 200 g/mol. The Hall–Kier alpha value is -1.78. The van der Waals surface area contributed by atoms with Gasteiger partial charge in [-0.1, -0.05) is 0 Å². The number of halogens is 1. The fraction of sp³-hybridized carbons (Fsp3) is 0.222. The van der Waals surface area contributed by atoms with E-state index in [2.05, 4.69) is 4.74 Å². The van der Waals surface area contributed by atoms with Gasteiger partial charge in [0.15, 0.2) is 11.5 Å². The van der Waals surface area contributed by atoms with Gasteiger partial charge in [0.1, 0.15) is 0 Å². The highest BCUT2D eigenvalue weighted by molar-refractivity contribution is 5.88. The van der Waals surface area contributed by atoms with Gasteiger partial charge in [0.05, 0.1) is 12.7 Å². The van der Waals surface area contributed by atoms with E-state index >= 15 is 0 Å². The Morgan fingerprint density at radius 1 is 1.50 bits per heavy atom. The maximum Gasteiger partial charge on any atom is 0.335 e. The summed E-state index contributed by atoms with van der Waals surface area (Å²) in [5.41, 5.74) is 0.0630. The quantitative estimate of drug-likeness (QED) is 0.803. The number of aromatic carboxylic acids is 1. The smallest absolute Gasteiger partial charge is 0.335 e. The van der Waals surface area contributed by atoms with E-state index in [1.54, 1.807) is 0 Å². The number of benzene rings is 1. The zero-order chi connectivity index (χ0) is 10.6. The van der Waals surface area contributed by atoms with Crippen molar-refractivity contribution < 1.29 is 23.8 Å². The second-order valence-electron chi connectivity index (χ2n) is 2.42. The van der Waals surface area contributed by atoms with E-state index in [1.165, 1.54) is 25.3 Å². The van der Waals surface area contributed by atoms with Crippen molar-refractivity contribution in [2.45, 2.75) is 0 Å². The van der Waals surface area contributed by atoms with E-state index in [0.717, 1.165) is 0 Å². The molecule has 0 aliphatic rings. The van der Waals surface area contributed by atoms with Crippen LogP contribution in [0.5, 0.6) is 11.5 Å². The maximum absolute atomic E-state index is 11.9. The van der Waals surface area contributed by atoms with Gasteiger partial charge < -0.3 is 14.6 Å². The Labute approximate surface area is 79.9 Å². The number of carbonyl (C=O) groups is 1. The van der Waals surface area contributed by atoms with Gasteiger partial charge in [0.25, 0.3) is 0 Å². The third kappa shape index (κ3) is 2.12. The number of rotatable bonds is 4.